The summed E-state index contributed by atoms with van der Waals surface area (Å²) in [5, 5.41) is 3.33. The van der Waals surface area contributed by atoms with Crippen LogP contribution >= 0.6 is 0 Å². The number of hydrogen-bond acceptors (Lipinski definition) is 1. The Balaban J connectivity index is 3.90. The molecule has 0 amide bonds. The molecular formula is C10H19N. The van der Waals surface area contributed by atoms with Gasteiger partial charge in [-0.15, -0.1) is 6.42 Å². The van der Waals surface area contributed by atoms with Crippen LogP contribution < -0.4 is 5.32 Å². The lowest BCUT2D eigenvalue weighted by atomic mass is 9.88. The predicted octanol–water partition coefficient (Wildman–Crippen LogP) is 2.03. The van der Waals surface area contributed by atoms with Gasteiger partial charge in [-0.25, -0.2) is 0 Å². The van der Waals surface area contributed by atoms with E-state index in [-0.39, 0.29) is 11.5 Å². The van der Waals surface area contributed by atoms with Crippen molar-refractivity contribution in [3.63, 3.8) is 0 Å². The summed E-state index contributed by atoms with van der Waals surface area (Å²) >= 11 is 0. The highest BCUT2D eigenvalue weighted by Crippen LogP contribution is 2.18. The number of hydrogen-bond donors (Lipinski definition) is 1. The molecule has 0 heterocycles. The Labute approximate surface area is 70.6 Å². The Morgan fingerprint density at radius 1 is 1.27 bits per heavy atom. The second-order valence-corrected chi connectivity index (χ2v) is 4.14. The van der Waals surface area contributed by atoms with E-state index in [1.54, 1.807) is 0 Å². The SMILES string of the molecule is C#CC(C)NC(C)C(C)(C)C. The molecule has 0 aromatic rings. The first-order chi connectivity index (χ1) is 4.88. The minimum atomic E-state index is 0.171. The van der Waals surface area contributed by atoms with Crippen LogP contribution in [-0.2, 0) is 0 Å². The molecule has 0 fully saturated rings. The van der Waals surface area contributed by atoms with Crippen LogP contribution in [0.3, 0.4) is 0 Å². The lowest BCUT2D eigenvalue weighted by Gasteiger charge is -2.29. The van der Waals surface area contributed by atoms with Crippen LogP contribution in [-0.4, -0.2) is 12.1 Å². The number of nitrogens with one attached hydrogen (secondary N) is 1. The maximum Gasteiger partial charge on any atom is 0.0660 e. The van der Waals surface area contributed by atoms with Crippen LogP contribution in [0.5, 0.6) is 0 Å². The highest BCUT2D eigenvalue weighted by molar-refractivity contribution is 4.97. The van der Waals surface area contributed by atoms with Gasteiger partial charge in [0.15, 0.2) is 0 Å². The van der Waals surface area contributed by atoms with Gasteiger partial charge < -0.3 is 5.32 Å². The molecule has 0 aliphatic rings. The number of terminal acetylenes is 1. The molecule has 0 aromatic carbocycles. The Bertz CT molecular complexity index is 147. The molecule has 1 heteroatoms. The average Bonchev–Trinajstić information content (AvgIpc) is 1.85. The van der Waals surface area contributed by atoms with Crippen molar-refractivity contribution in [1.29, 1.82) is 0 Å². The van der Waals surface area contributed by atoms with E-state index in [0.29, 0.717) is 6.04 Å². The Morgan fingerprint density at radius 2 is 1.73 bits per heavy atom. The molecule has 64 valence electrons. The van der Waals surface area contributed by atoms with E-state index in [1.165, 1.54) is 0 Å². The molecule has 0 rings (SSSR count). The van der Waals surface area contributed by atoms with E-state index in [9.17, 15) is 0 Å². The van der Waals surface area contributed by atoms with Gasteiger partial charge in [0.25, 0.3) is 0 Å². The van der Waals surface area contributed by atoms with E-state index in [1.807, 2.05) is 6.92 Å². The summed E-state index contributed by atoms with van der Waals surface area (Å²) in [6.07, 6.45) is 5.25. The van der Waals surface area contributed by atoms with Crippen molar-refractivity contribution in [3.8, 4) is 12.3 Å². The normalized spacial score (nSPS) is 17.1. The van der Waals surface area contributed by atoms with Gasteiger partial charge in [0, 0.05) is 6.04 Å². The molecule has 0 saturated heterocycles. The predicted molar refractivity (Wildman–Crippen MR) is 50.3 cm³/mol. The quantitative estimate of drug-likeness (QED) is 0.599. The van der Waals surface area contributed by atoms with Gasteiger partial charge in [-0.2, -0.15) is 0 Å². The summed E-state index contributed by atoms with van der Waals surface area (Å²) in [4.78, 5) is 0. The van der Waals surface area contributed by atoms with Gasteiger partial charge in [0.1, 0.15) is 0 Å². The van der Waals surface area contributed by atoms with Crippen molar-refractivity contribution in [1.82, 2.24) is 5.32 Å². The molecular weight excluding hydrogens is 134 g/mol. The third-order valence-corrected chi connectivity index (χ3v) is 2.05. The standard InChI is InChI=1S/C10H19N/c1-7-8(2)11-9(3)10(4,5)6/h1,8-9,11H,2-6H3. The fourth-order valence-electron chi connectivity index (χ4n) is 0.673. The molecule has 0 aliphatic carbocycles. The van der Waals surface area contributed by atoms with Gasteiger partial charge in [0.2, 0.25) is 0 Å². The van der Waals surface area contributed by atoms with Gasteiger partial charge in [-0.3, -0.25) is 0 Å². The summed E-state index contributed by atoms with van der Waals surface area (Å²) in [6.45, 7) is 10.8. The third kappa shape index (κ3) is 4.06. The summed E-state index contributed by atoms with van der Waals surface area (Å²) in [7, 11) is 0. The van der Waals surface area contributed by atoms with Crippen molar-refractivity contribution in [3.05, 3.63) is 0 Å². The zero-order valence-corrected chi connectivity index (χ0v) is 8.23. The molecule has 0 aromatic heterocycles. The van der Waals surface area contributed by atoms with Crippen LogP contribution in [0.15, 0.2) is 0 Å². The molecule has 1 N–H and O–H groups in total. The maximum absolute atomic E-state index is 5.25. The van der Waals surface area contributed by atoms with E-state index in [4.69, 9.17) is 6.42 Å². The van der Waals surface area contributed by atoms with Crippen LogP contribution in [0.1, 0.15) is 34.6 Å². The number of rotatable bonds is 2. The topological polar surface area (TPSA) is 12.0 Å². The van der Waals surface area contributed by atoms with E-state index in [0.717, 1.165) is 0 Å². The van der Waals surface area contributed by atoms with Crippen LogP contribution in [0.4, 0.5) is 0 Å². The second kappa shape index (κ2) is 3.78. The van der Waals surface area contributed by atoms with Gasteiger partial charge >= 0.3 is 0 Å². The largest absolute Gasteiger partial charge is 0.301 e. The highest BCUT2D eigenvalue weighted by Gasteiger charge is 2.20. The lowest BCUT2D eigenvalue weighted by Crippen LogP contribution is -2.42. The van der Waals surface area contributed by atoms with Gasteiger partial charge in [-0.05, 0) is 19.3 Å². The first kappa shape index (κ1) is 10.5. The summed E-state index contributed by atoms with van der Waals surface area (Å²) in [5.74, 6) is 2.66. The monoisotopic (exact) mass is 153 g/mol. The lowest BCUT2D eigenvalue weighted by molar-refractivity contribution is 0.280. The maximum atomic E-state index is 5.25. The minimum Gasteiger partial charge on any atom is -0.301 e. The molecule has 0 bridgehead atoms. The highest BCUT2D eigenvalue weighted by atomic mass is 14.9. The summed E-state index contributed by atoms with van der Waals surface area (Å²) in [5.41, 5.74) is 0.283. The van der Waals surface area contributed by atoms with E-state index < -0.39 is 0 Å². The molecule has 1 nitrogen and oxygen atoms in total. The van der Waals surface area contributed by atoms with Crippen molar-refractivity contribution >= 4 is 0 Å². The molecule has 2 unspecified atom stereocenters. The third-order valence-electron chi connectivity index (χ3n) is 2.05. The summed E-state index contributed by atoms with van der Waals surface area (Å²) < 4.78 is 0. The molecule has 0 radical (unpaired) electrons. The fourth-order valence-corrected chi connectivity index (χ4v) is 0.673. The Morgan fingerprint density at radius 3 is 2.00 bits per heavy atom. The smallest absolute Gasteiger partial charge is 0.0660 e. The van der Waals surface area contributed by atoms with Crippen molar-refractivity contribution in [2.45, 2.75) is 46.7 Å². The van der Waals surface area contributed by atoms with E-state index in [2.05, 4.69) is 38.9 Å². The second-order valence-electron chi connectivity index (χ2n) is 4.14. The van der Waals surface area contributed by atoms with Crippen LogP contribution in [0.2, 0.25) is 0 Å². The Hall–Kier alpha value is -0.480. The van der Waals surface area contributed by atoms with Crippen LogP contribution in [0, 0.1) is 17.8 Å². The molecule has 0 spiro atoms. The molecule has 11 heavy (non-hydrogen) atoms. The molecule has 0 saturated carbocycles. The zero-order valence-electron chi connectivity index (χ0n) is 8.23. The van der Waals surface area contributed by atoms with Gasteiger partial charge in [0.05, 0.1) is 6.04 Å². The first-order valence-corrected chi connectivity index (χ1v) is 4.10. The van der Waals surface area contributed by atoms with Crippen molar-refractivity contribution in [2.24, 2.45) is 5.41 Å². The average molecular weight is 153 g/mol. The molecule has 2 atom stereocenters. The van der Waals surface area contributed by atoms with Gasteiger partial charge in [-0.1, -0.05) is 26.7 Å². The first-order valence-electron chi connectivity index (χ1n) is 4.10. The van der Waals surface area contributed by atoms with Crippen LogP contribution in [0.25, 0.3) is 0 Å². The Kier molecular flexibility index (Phi) is 3.62. The summed E-state index contributed by atoms with van der Waals surface area (Å²) in [6, 6.07) is 0.623. The van der Waals surface area contributed by atoms with E-state index >= 15 is 0 Å². The fraction of sp³-hybridized carbons (Fsp3) is 0.800. The zero-order chi connectivity index (χ0) is 9.07. The van der Waals surface area contributed by atoms with Crippen molar-refractivity contribution in [2.75, 3.05) is 0 Å². The molecule has 0 aliphatic heterocycles. The minimum absolute atomic E-state index is 0.171. The van der Waals surface area contributed by atoms with Crippen molar-refractivity contribution < 1.29 is 0 Å².